The summed E-state index contributed by atoms with van der Waals surface area (Å²) in [6.07, 6.45) is 9.53. The molecule has 0 saturated carbocycles. The van der Waals surface area contributed by atoms with Gasteiger partial charge in [0.25, 0.3) is 5.69 Å². The van der Waals surface area contributed by atoms with Crippen molar-refractivity contribution in [3.8, 4) is 22.5 Å². The van der Waals surface area contributed by atoms with Gasteiger partial charge < -0.3 is 4.57 Å². The lowest BCUT2D eigenvalue weighted by Gasteiger charge is -2.11. The summed E-state index contributed by atoms with van der Waals surface area (Å²) in [7, 11) is 0. The highest BCUT2D eigenvalue weighted by Crippen LogP contribution is 2.40. The zero-order valence-electron chi connectivity index (χ0n) is 15.0. The van der Waals surface area contributed by atoms with Crippen LogP contribution >= 0.6 is 22.9 Å². The third kappa shape index (κ3) is 2.82. The lowest BCUT2D eigenvalue weighted by Crippen LogP contribution is -2.00. The molecule has 0 bridgehead atoms. The van der Waals surface area contributed by atoms with E-state index in [9.17, 15) is 10.1 Å². The average Bonchev–Trinajstić information content (AvgIpc) is 3.37. The predicted molar refractivity (Wildman–Crippen MR) is 111 cm³/mol. The fourth-order valence-electron chi connectivity index (χ4n) is 3.82. The van der Waals surface area contributed by atoms with Crippen molar-refractivity contribution in [3.63, 3.8) is 0 Å². The van der Waals surface area contributed by atoms with E-state index in [1.165, 1.54) is 33.8 Å². The Hall–Kier alpha value is -2.64. The molecule has 6 nitrogen and oxygen atoms in total. The zero-order valence-corrected chi connectivity index (χ0v) is 16.5. The normalized spacial score (nSPS) is 12.9. The summed E-state index contributed by atoms with van der Waals surface area (Å²) >= 11 is 7.57. The fourth-order valence-corrected chi connectivity index (χ4v) is 5.05. The van der Waals surface area contributed by atoms with Crippen LogP contribution in [0.15, 0.2) is 42.9 Å². The molecule has 1 aromatic carbocycles. The first-order chi connectivity index (χ1) is 13.6. The Morgan fingerprint density at radius 1 is 1.18 bits per heavy atom. The van der Waals surface area contributed by atoms with Gasteiger partial charge in [-0.15, -0.1) is 22.9 Å². The number of nitrogens with zero attached hydrogens (tertiary/aromatic N) is 4. The van der Waals surface area contributed by atoms with E-state index in [2.05, 4.69) is 21.4 Å². The third-order valence-electron chi connectivity index (χ3n) is 5.16. The summed E-state index contributed by atoms with van der Waals surface area (Å²) in [4.78, 5) is 17.6. The maximum atomic E-state index is 10.9. The van der Waals surface area contributed by atoms with Gasteiger partial charge in [0.15, 0.2) is 4.96 Å². The monoisotopic (exact) mass is 412 g/mol. The van der Waals surface area contributed by atoms with Gasteiger partial charge in [-0.05, 0) is 37.0 Å². The second-order valence-electron chi connectivity index (χ2n) is 6.93. The molecular formula is C20H17ClN4O2S. The van der Waals surface area contributed by atoms with Crippen LogP contribution in [-0.4, -0.2) is 24.8 Å². The number of halogens is 1. The van der Waals surface area contributed by atoms with Gasteiger partial charge in [0.1, 0.15) is 0 Å². The highest BCUT2D eigenvalue weighted by Gasteiger charge is 2.24. The molecule has 0 unspecified atom stereocenters. The van der Waals surface area contributed by atoms with E-state index < -0.39 is 0 Å². The van der Waals surface area contributed by atoms with Crippen LogP contribution in [0.4, 0.5) is 5.69 Å². The largest absolute Gasteiger partial charge is 0.353 e. The number of alkyl halides is 1. The number of thiazole rings is 1. The van der Waals surface area contributed by atoms with Crippen LogP contribution in [-0.2, 0) is 19.4 Å². The summed E-state index contributed by atoms with van der Waals surface area (Å²) < 4.78 is 4.40. The lowest BCUT2D eigenvalue weighted by molar-refractivity contribution is -0.384. The van der Waals surface area contributed by atoms with Crippen LogP contribution in [0, 0.1) is 10.1 Å². The van der Waals surface area contributed by atoms with Gasteiger partial charge in [-0.1, -0.05) is 0 Å². The summed E-state index contributed by atoms with van der Waals surface area (Å²) in [5.74, 6) is 0.664. The van der Waals surface area contributed by atoms with Crippen molar-refractivity contribution < 1.29 is 4.92 Å². The molecule has 8 heteroatoms. The summed E-state index contributed by atoms with van der Waals surface area (Å²) in [6.45, 7) is 0.928. The quantitative estimate of drug-likeness (QED) is 0.258. The SMILES string of the molecule is O=[N+]([O-])c1ccc(-c2cn3c4c(sc3n2)CCc2cn(CCCCl)cc2-4)cc1. The summed E-state index contributed by atoms with van der Waals surface area (Å²) in [5.41, 5.74) is 5.67. The Bertz CT molecular complexity index is 1190. The first-order valence-corrected chi connectivity index (χ1v) is 10.5. The number of imidazole rings is 1. The topological polar surface area (TPSA) is 65.4 Å². The Morgan fingerprint density at radius 3 is 2.75 bits per heavy atom. The Morgan fingerprint density at radius 2 is 2.00 bits per heavy atom. The molecule has 5 rings (SSSR count). The molecular weight excluding hydrogens is 396 g/mol. The van der Waals surface area contributed by atoms with Crippen molar-refractivity contribution >= 4 is 33.6 Å². The minimum absolute atomic E-state index is 0.0880. The second-order valence-corrected chi connectivity index (χ2v) is 8.37. The van der Waals surface area contributed by atoms with Crippen LogP contribution in [0.2, 0.25) is 0 Å². The fraction of sp³-hybridized carbons (Fsp3) is 0.250. The molecule has 3 heterocycles. The average molecular weight is 413 g/mol. The van der Waals surface area contributed by atoms with Gasteiger partial charge in [-0.3, -0.25) is 14.5 Å². The van der Waals surface area contributed by atoms with E-state index in [1.54, 1.807) is 23.5 Å². The highest BCUT2D eigenvalue weighted by molar-refractivity contribution is 7.17. The van der Waals surface area contributed by atoms with E-state index >= 15 is 0 Å². The smallest absolute Gasteiger partial charge is 0.269 e. The standard InChI is InChI=1S/C20H17ClN4O2S/c21-8-1-9-23-10-14-4-7-18-19(16(14)11-23)24-12-17(22-20(24)28-18)13-2-5-15(6-3-13)25(26)27/h2-3,5-6,10-12H,1,4,7-9H2. The van der Waals surface area contributed by atoms with E-state index in [4.69, 9.17) is 16.6 Å². The predicted octanol–water partition coefficient (Wildman–Crippen LogP) is 5.17. The molecule has 0 amide bonds. The van der Waals surface area contributed by atoms with Crippen molar-refractivity contribution in [1.29, 1.82) is 0 Å². The van der Waals surface area contributed by atoms with Crippen molar-refractivity contribution in [2.24, 2.45) is 0 Å². The number of nitro benzene ring substituents is 1. The van der Waals surface area contributed by atoms with Gasteiger partial charge in [-0.2, -0.15) is 0 Å². The minimum atomic E-state index is -0.387. The van der Waals surface area contributed by atoms with Crippen molar-refractivity contribution in [1.82, 2.24) is 14.0 Å². The third-order valence-corrected chi connectivity index (χ3v) is 6.54. The molecule has 4 aromatic rings. The minimum Gasteiger partial charge on any atom is -0.353 e. The van der Waals surface area contributed by atoms with Gasteiger partial charge in [0.05, 0.1) is 16.3 Å². The van der Waals surface area contributed by atoms with E-state index in [-0.39, 0.29) is 10.6 Å². The number of nitro groups is 1. The Balaban J connectivity index is 1.56. The van der Waals surface area contributed by atoms with Crippen LogP contribution in [0.1, 0.15) is 16.9 Å². The lowest BCUT2D eigenvalue weighted by atomic mass is 9.98. The number of aromatic nitrogens is 3. The number of hydrogen-bond donors (Lipinski definition) is 0. The molecule has 0 aliphatic heterocycles. The summed E-state index contributed by atoms with van der Waals surface area (Å²) in [6, 6.07) is 6.55. The van der Waals surface area contributed by atoms with Crippen LogP contribution < -0.4 is 0 Å². The molecule has 0 saturated heterocycles. The molecule has 28 heavy (non-hydrogen) atoms. The summed E-state index contributed by atoms with van der Waals surface area (Å²) in [5, 5.41) is 10.9. The second kappa shape index (κ2) is 6.76. The van der Waals surface area contributed by atoms with E-state index in [0.29, 0.717) is 5.88 Å². The van der Waals surface area contributed by atoms with Crippen LogP contribution in [0.25, 0.3) is 27.5 Å². The van der Waals surface area contributed by atoms with Crippen LogP contribution in [0.3, 0.4) is 0 Å². The molecule has 0 atom stereocenters. The first kappa shape index (κ1) is 17.5. The van der Waals surface area contributed by atoms with Gasteiger partial charge in [0.2, 0.25) is 0 Å². The number of hydrogen-bond acceptors (Lipinski definition) is 4. The highest BCUT2D eigenvalue weighted by atomic mass is 35.5. The van der Waals surface area contributed by atoms with E-state index in [1.807, 2.05) is 6.20 Å². The van der Waals surface area contributed by atoms with Crippen LogP contribution in [0.5, 0.6) is 0 Å². The number of fused-ring (bicyclic) bond motifs is 5. The van der Waals surface area contributed by atoms with Crippen molar-refractivity contribution in [3.05, 3.63) is 63.4 Å². The molecule has 0 spiro atoms. The molecule has 0 fully saturated rings. The molecule has 0 N–H and O–H groups in total. The molecule has 0 radical (unpaired) electrons. The number of rotatable bonds is 5. The van der Waals surface area contributed by atoms with Crippen molar-refractivity contribution in [2.75, 3.05) is 5.88 Å². The molecule has 142 valence electrons. The van der Waals surface area contributed by atoms with Crippen molar-refractivity contribution in [2.45, 2.75) is 25.8 Å². The van der Waals surface area contributed by atoms with E-state index in [0.717, 1.165) is 42.0 Å². The number of aryl methyl sites for hydroxylation is 3. The molecule has 1 aliphatic rings. The molecule has 3 aromatic heterocycles. The van der Waals surface area contributed by atoms with Gasteiger partial charge in [-0.25, -0.2) is 4.98 Å². The number of non-ortho nitro benzene ring substituents is 1. The number of benzene rings is 1. The van der Waals surface area contributed by atoms with Gasteiger partial charge >= 0.3 is 0 Å². The Labute approximate surface area is 170 Å². The zero-order chi connectivity index (χ0) is 19.3. The first-order valence-electron chi connectivity index (χ1n) is 9.14. The maximum Gasteiger partial charge on any atom is 0.269 e. The Kier molecular flexibility index (Phi) is 4.21. The van der Waals surface area contributed by atoms with Gasteiger partial charge in [0, 0.05) is 59.2 Å². The maximum absolute atomic E-state index is 10.9. The molecule has 1 aliphatic carbocycles.